The van der Waals surface area contributed by atoms with E-state index in [0.717, 1.165) is 11.6 Å². The predicted molar refractivity (Wildman–Crippen MR) is 125 cm³/mol. The van der Waals surface area contributed by atoms with E-state index in [4.69, 9.17) is 4.74 Å². The molecular weight excluding hydrogens is 483 g/mol. The van der Waals surface area contributed by atoms with Crippen molar-refractivity contribution in [2.24, 2.45) is 7.05 Å². The van der Waals surface area contributed by atoms with E-state index in [9.17, 15) is 22.0 Å². The van der Waals surface area contributed by atoms with Gasteiger partial charge in [-0.05, 0) is 31.2 Å². The topological polar surface area (TPSA) is 68.1 Å². The molecule has 36 heavy (non-hydrogen) atoms. The minimum atomic E-state index is -4.32. The van der Waals surface area contributed by atoms with Gasteiger partial charge >= 0.3 is 6.18 Å². The van der Waals surface area contributed by atoms with Gasteiger partial charge in [-0.2, -0.15) is 22.7 Å². The number of nitrogens with one attached hydrogen (secondary N) is 1. The maximum Gasteiger partial charge on any atom is 0.401 e. The molecule has 0 saturated carbocycles. The van der Waals surface area contributed by atoms with E-state index in [2.05, 4.69) is 20.4 Å². The molecule has 0 saturated heterocycles. The van der Waals surface area contributed by atoms with Crippen molar-refractivity contribution in [2.45, 2.75) is 12.6 Å². The monoisotopic (exact) mass is 506 g/mol. The average Bonchev–Trinajstić information content (AvgIpc) is 3.28. The number of benzene rings is 2. The van der Waals surface area contributed by atoms with Crippen molar-refractivity contribution in [3.8, 4) is 17.0 Å². The molecule has 0 aliphatic heterocycles. The van der Waals surface area contributed by atoms with E-state index in [-0.39, 0.29) is 30.9 Å². The molecule has 0 radical (unpaired) electrons. The first-order valence-electron chi connectivity index (χ1n) is 11.0. The van der Waals surface area contributed by atoms with Gasteiger partial charge in [0, 0.05) is 48.9 Å². The molecule has 0 unspecified atom stereocenters. The fourth-order valence-electron chi connectivity index (χ4n) is 3.71. The molecule has 0 amide bonds. The lowest BCUT2D eigenvalue weighted by molar-refractivity contribution is -0.124. The highest BCUT2D eigenvalue weighted by molar-refractivity contribution is 5.82. The van der Waals surface area contributed by atoms with Crippen LogP contribution >= 0.6 is 0 Å². The fourth-order valence-corrected chi connectivity index (χ4v) is 3.71. The van der Waals surface area contributed by atoms with Crippen LogP contribution in [0.4, 0.5) is 33.3 Å². The lowest BCUT2D eigenvalue weighted by Gasteiger charge is -2.26. The Balaban J connectivity index is 1.68. The maximum atomic E-state index is 14.3. The van der Waals surface area contributed by atoms with Crippen LogP contribution < -0.4 is 15.0 Å². The van der Waals surface area contributed by atoms with E-state index in [1.807, 2.05) is 0 Å². The van der Waals surface area contributed by atoms with Gasteiger partial charge < -0.3 is 15.0 Å². The third kappa shape index (κ3) is 5.88. The van der Waals surface area contributed by atoms with Crippen molar-refractivity contribution in [3.63, 3.8) is 0 Å². The molecule has 4 rings (SSSR count). The molecule has 12 heteroatoms. The van der Waals surface area contributed by atoms with Gasteiger partial charge in [0.25, 0.3) is 0 Å². The number of nitrogens with zero attached hydrogens (tertiary/aromatic N) is 5. The summed E-state index contributed by atoms with van der Waals surface area (Å²) in [6.07, 6.45) is 1.05. The van der Waals surface area contributed by atoms with E-state index < -0.39 is 24.4 Å². The van der Waals surface area contributed by atoms with Gasteiger partial charge in [-0.15, -0.1) is 0 Å². The quantitative estimate of drug-likeness (QED) is 0.255. The third-order valence-corrected chi connectivity index (χ3v) is 5.41. The molecule has 0 aliphatic carbocycles. The van der Waals surface area contributed by atoms with Crippen LogP contribution in [-0.4, -0.2) is 52.7 Å². The Kier molecular flexibility index (Phi) is 7.34. The summed E-state index contributed by atoms with van der Waals surface area (Å²) in [5.41, 5.74) is 3.38. The van der Waals surface area contributed by atoms with Crippen LogP contribution in [0.5, 0.6) is 5.75 Å². The van der Waals surface area contributed by atoms with Crippen LogP contribution in [0.25, 0.3) is 22.3 Å². The first kappa shape index (κ1) is 25.3. The van der Waals surface area contributed by atoms with E-state index in [0.29, 0.717) is 22.4 Å². The molecule has 1 N–H and O–H groups in total. The van der Waals surface area contributed by atoms with Crippen LogP contribution in [0.15, 0.2) is 48.9 Å². The zero-order valence-corrected chi connectivity index (χ0v) is 19.5. The molecule has 0 aliphatic rings. The average molecular weight is 506 g/mol. The number of halogens is 5. The molecular formula is C24H23F5N6O. The summed E-state index contributed by atoms with van der Waals surface area (Å²) in [7, 11) is 3.01. The molecule has 4 aromatic rings. The normalized spacial score (nSPS) is 11.8. The summed E-state index contributed by atoms with van der Waals surface area (Å²) in [5, 5.41) is 6.48. The Bertz CT molecular complexity index is 1360. The second-order valence-corrected chi connectivity index (χ2v) is 8.07. The molecule has 7 nitrogen and oxygen atoms in total. The Morgan fingerprint density at radius 3 is 2.56 bits per heavy atom. The molecule has 0 spiro atoms. The van der Waals surface area contributed by atoms with Gasteiger partial charge in [0.15, 0.2) is 11.6 Å². The largest absolute Gasteiger partial charge is 0.493 e. The first-order valence-corrected chi connectivity index (χ1v) is 11.0. The Morgan fingerprint density at radius 1 is 1.06 bits per heavy atom. The molecule has 2 aromatic heterocycles. The summed E-state index contributed by atoms with van der Waals surface area (Å²) in [4.78, 5) is 10.8. The number of rotatable bonds is 9. The van der Waals surface area contributed by atoms with Crippen molar-refractivity contribution in [1.82, 2.24) is 25.1 Å². The van der Waals surface area contributed by atoms with Gasteiger partial charge in [-0.25, -0.2) is 9.37 Å². The molecule has 2 heterocycles. The highest BCUT2D eigenvalue weighted by Gasteiger charge is 2.26. The first-order chi connectivity index (χ1) is 17.1. The summed E-state index contributed by atoms with van der Waals surface area (Å²) < 4.78 is 72.4. The van der Waals surface area contributed by atoms with E-state index >= 15 is 0 Å². The molecule has 0 bridgehead atoms. The molecule has 2 aromatic carbocycles. The summed E-state index contributed by atoms with van der Waals surface area (Å²) in [5.74, 6) is -2.52. The van der Waals surface area contributed by atoms with Crippen LogP contribution in [0.2, 0.25) is 0 Å². The summed E-state index contributed by atoms with van der Waals surface area (Å²) >= 11 is 0. The number of aryl methyl sites for hydroxylation is 1. The van der Waals surface area contributed by atoms with Gasteiger partial charge in [-0.3, -0.25) is 9.67 Å². The van der Waals surface area contributed by atoms with Crippen LogP contribution in [0, 0.1) is 11.6 Å². The Hall–Kier alpha value is -3.80. The standard InChI is InChI=1S/C24H23F5N6O/c1-34-13-15(11-32-34)21-12-31-19-5-4-16(9-20(19)33-21)35(7-3-6-30-14-24(27,28)29)17-8-18(25)23(26)22(10-17)36-2/h4-5,8-13,30H,3,6-7,14H2,1-2H3. The molecule has 0 fully saturated rings. The number of hydrogen-bond donors (Lipinski definition) is 1. The SMILES string of the molecule is COc1cc(N(CCCNCC(F)(F)F)c2ccc3ncc(-c4cnn(C)c4)nc3c2)cc(F)c1F. The third-order valence-electron chi connectivity index (χ3n) is 5.41. The lowest BCUT2D eigenvalue weighted by atomic mass is 10.1. The number of ether oxygens (including phenoxy) is 1. The number of methoxy groups -OCH3 is 1. The van der Waals surface area contributed by atoms with Crippen LogP contribution in [0.3, 0.4) is 0 Å². The van der Waals surface area contributed by atoms with Crippen molar-refractivity contribution in [3.05, 3.63) is 60.6 Å². The maximum absolute atomic E-state index is 14.3. The van der Waals surface area contributed by atoms with E-state index in [1.165, 1.54) is 13.2 Å². The van der Waals surface area contributed by atoms with Gasteiger partial charge in [0.1, 0.15) is 0 Å². The fraction of sp³-hybridized carbons (Fsp3) is 0.292. The molecule has 190 valence electrons. The zero-order chi connectivity index (χ0) is 25.9. The van der Waals surface area contributed by atoms with Gasteiger partial charge in [0.2, 0.25) is 5.82 Å². The number of anilines is 2. The van der Waals surface area contributed by atoms with Crippen LogP contribution in [0.1, 0.15) is 6.42 Å². The van der Waals surface area contributed by atoms with E-state index in [1.54, 1.807) is 53.4 Å². The van der Waals surface area contributed by atoms with Crippen molar-refractivity contribution >= 4 is 22.4 Å². The Labute approximate surface area is 203 Å². The second-order valence-electron chi connectivity index (χ2n) is 8.07. The summed E-state index contributed by atoms with van der Waals surface area (Å²) in [6.45, 7) is -0.843. The second kappa shape index (κ2) is 10.4. The van der Waals surface area contributed by atoms with Crippen molar-refractivity contribution in [1.29, 1.82) is 0 Å². The van der Waals surface area contributed by atoms with Crippen LogP contribution in [-0.2, 0) is 7.05 Å². The molecule has 0 atom stereocenters. The smallest absolute Gasteiger partial charge is 0.401 e. The predicted octanol–water partition coefficient (Wildman–Crippen LogP) is 5.00. The number of hydrogen-bond acceptors (Lipinski definition) is 6. The Morgan fingerprint density at radius 2 is 1.86 bits per heavy atom. The number of fused-ring (bicyclic) bond motifs is 1. The van der Waals surface area contributed by atoms with Gasteiger partial charge in [-0.1, -0.05) is 0 Å². The lowest BCUT2D eigenvalue weighted by Crippen LogP contribution is -2.31. The highest BCUT2D eigenvalue weighted by Crippen LogP contribution is 2.33. The summed E-state index contributed by atoms with van der Waals surface area (Å²) in [6, 6.07) is 7.56. The highest BCUT2D eigenvalue weighted by atomic mass is 19.4. The number of alkyl halides is 3. The van der Waals surface area contributed by atoms with Crippen molar-refractivity contribution in [2.75, 3.05) is 31.6 Å². The number of aromatic nitrogens is 4. The van der Waals surface area contributed by atoms with Gasteiger partial charge in [0.05, 0.1) is 42.8 Å². The zero-order valence-electron chi connectivity index (χ0n) is 19.5. The minimum absolute atomic E-state index is 0.0648. The van der Waals surface area contributed by atoms with Crippen molar-refractivity contribution < 1.29 is 26.7 Å². The minimum Gasteiger partial charge on any atom is -0.493 e.